The summed E-state index contributed by atoms with van der Waals surface area (Å²) < 4.78 is 0. The molecular formula is C18H27NO. The van der Waals surface area contributed by atoms with Crippen LogP contribution in [0.15, 0.2) is 12.1 Å². The lowest BCUT2D eigenvalue weighted by Gasteiger charge is -2.35. The Balaban J connectivity index is 2.23. The van der Waals surface area contributed by atoms with Crippen LogP contribution in [-0.2, 0) is 11.2 Å². The maximum Gasteiger partial charge on any atom is 0.143 e. The fourth-order valence-electron chi connectivity index (χ4n) is 3.57. The standard InChI is InChI=1S/C18H27NO/c1-5-18(6-8-19-9-7-18)17(20)12-16-14(3)10-13(2)11-15(16)4/h10-11,19H,5-9,12H2,1-4H3. The molecule has 0 radical (unpaired) electrons. The summed E-state index contributed by atoms with van der Waals surface area (Å²) in [4.78, 5) is 12.9. The van der Waals surface area contributed by atoms with Gasteiger partial charge in [0.1, 0.15) is 5.78 Å². The molecule has 1 aliphatic heterocycles. The number of nitrogens with one attached hydrogen (secondary N) is 1. The Labute approximate surface area is 123 Å². The molecule has 110 valence electrons. The molecule has 1 fully saturated rings. The number of piperidine rings is 1. The van der Waals surface area contributed by atoms with Crippen LogP contribution in [-0.4, -0.2) is 18.9 Å². The van der Waals surface area contributed by atoms with Gasteiger partial charge >= 0.3 is 0 Å². The summed E-state index contributed by atoms with van der Waals surface area (Å²) in [6.45, 7) is 10.5. The van der Waals surface area contributed by atoms with Crippen LogP contribution in [0.2, 0.25) is 0 Å². The first-order valence-electron chi connectivity index (χ1n) is 7.79. The smallest absolute Gasteiger partial charge is 0.143 e. The lowest BCUT2D eigenvalue weighted by atomic mass is 9.71. The molecule has 2 heteroatoms. The van der Waals surface area contributed by atoms with Gasteiger partial charge in [-0.2, -0.15) is 0 Å². The van der Waals surface area contributed by atoms with Gasteiger partial charge in [0.2, 0.25) is 0 Å². The molecule has 0 unspecified atom stereocenters. The minimum Gasteiger partial charge on any atom is -0.317 e. The highest BCUT2D eigenvalue weighted by molar-refractivity contribution is 5.87. The lowest BCUT2D eigenvalue weighted by Crippen LogP contribution is -2.42. The molecule has 0 bridgehead atoms. The van der Waals surface area contributed by atoms with E-state index in [1.54, 1.807) is 0 Å². The molecule has 1 saturated heterocycles. The van der Waals surface area contributed by atoms with Gasteiger partial charge in [0, 0.05) is 11.8 Å². The zero-order chi connectivity index (χ0) is 14.8. The molecule has 1 heterocycles. The van der Waals surface area contributed by atoms with Crippen molar-refractivity contribution in [2.75, 3.05) is 13.1 Å². The molecular weight excluding hydrogens is 246 g/mol. The van der Waals surface area contributed by atoms with Crippen LogP contribution in [0.3, 0.4) is 0 Å². The van der Waals surface area contributed by atoms with Crippen molar-refractivity contribution in [2.45, 2.75) is 53.4 Å². The molecule has 0 amide bonds. The van der Waals surface area contributed by atoms with E-state index in [1.807, 2.05) is 0 Å². The van der Waals surface area contributed by atoms with Crippen LogP contribution in [0.1, 0.15) is 48.4 Å². The highest BCUT2D eigenvalue weighted by atomic mass is 16.1. The van der Waals surface area contributed by atoms with E-state index >= 15 is 0 Å². The van der Waals surface area contributed by atoms with Gasteiger partial charge in [0.05, 0.1) is 0 Å². The normalized spacial score (nSPS) is 18.0. The van der Waals surface area contributed by atoms with E-state index in [2.05, 4.69) is 45.1 Å². The monoisotopic (exact) mass is 273 g/mol. The average molecular weight is 273 g/mol. The van der Waals surface area contributed by atoms with E-state index in [-0.39, 0.29) is 5.41 Å². The second-order valence-corrected chi connectivity index (χ2v) is 6.36. The Kier molecular flexibility index (Phi) is 4.64. The first kappa shape index (κ1) is 15.2. The maximum absolute atomic E-state index is 12.9. The van der Waals surface area contributed by atoms with Crippen LogP contribution in [0.4, 0.5) is 0 Å². The van der Waals surface area contributed by atoms with E-state index in [0.29, 0.717) is 12.2 Å². The number of carbonyl (C=O) groups is 1. The summed E-state index contributed by atoms with van der Waals surface area (Å²) in [5.74, 6) is 0.441. The molecule has 0 spiro atoms. The Morgan fingerprint density at radius 2 is 1.70 bits per heavy atom. The van der Waals surface area contributed by atoms with Crippen LogP contribution < -0.4 is 5.32 Å². The minimum absolute atomic E-state index is 0.0883. The summed E-state index contributed by atoms with van der Waals surface area (Å²) in [7, 11) is 0. The van der Waals surface area contributed by atoms with Gasteiger partial charge < -0.3 is 5.32 Å². The van der Waals surface area contributed by atoms with Gasteiger partial charge in [-0.25, -0.2) is 0 Å². The predicted octanol–water partition coefficient (Wildman–Crippen LogP) is 3.50. The third kappa shape index (κ3) is 2.95. The van der Waals surface area contributed by atoms with Gasteiger partial charge in [-0.15, -0.1) is 0 Å². The zero-order valence-corrected chi connectivity index (χ0v) is 13.3. The second-order valence-electron chi connectivity index (χ2n) is 6.36. The van der Waals surface area contributed by atoms with Gasteiger partial charge in [-0.1, -0.05) is 24.6 Å². The third-order valence-electron chi connectivity index (χ3n) is 5.01. The number of hydrogen-bond donors (Lipinski definition) is 1. The maximum atomic E-state index is 12.9. The fourth-order valence-corrected chi connectivity index (χ4v) is 3.57. The Morgan fingerprint density at radius 1 is 1.15 bits per heavy atom. The van der Waals surface area contributed by atoms with Crippen molar-refractivity contribution in [2.24, 2.45) is 5.41 Å². The largest absolute Gasteiger partial charge is 0.317 e. The number of benzene rings is 1. The molecule has 20 heavy (non-hydrogen) atoms. The quantitative estimate of drug-likeness (QED) is 0.909. The van der Waals surface area contributed by atoms with Crippen molar-refractivity contribution >= 4 is 5.78 Å². The van der Waals surface area contributed by atoms with E-state index in [1.165, 1.54) is 22.3 Å². The molecule has 1 aromatic rings. The van der Waals surface area contributed by atoms with Crippen molar-refractivity contribution in [3.63, 3.8) is 0 Å². The number of rotatable bonds is 4. The zero-order valence-electron chi connectivity index (χ0n) is 13.3. The number of carbonyl (C=O) groups excluding carboxylic acids is 1. The third-order valence-corrected chi connectivity index (χ3v) is 5.01. The molecule has 0 aliphatic carbocycles. The predicted molar refractivity (Wildman–Crippen MR) is 84.2 cm³/mol. The first-order chi connectivity index (χ1) is 9.48. The highest BCUT2D eigenvalue weighted by Crippen LogP contribution is 2.35. The van der Waals surface area contributed by atoms with Crippen LogP contribution in [0, 0.1) is 26.2 Å². The number of hydrogen-bond acceptors (Lipinski definition) is 2. The van der Waals surface area contributed by atoms with Gasteiger partial charge in [0.25, 0.3) is 0 Å². The van der Waals surface area contributed by atoms with Gasteiger partial charge in [-0.3, -0.25) is 4.79 Å². The molecule has 2 rings (SSSR count). The number of aryl methyl sites for hydroxylation is 3. The molecule has 1 aromatic carbocycles. The number of ketones is 1. The van der Waals surface area contributed by atoms with Gasteiger partial charge in [0.15, 0.2) is 0 Å². The second kappa shape index (κ2) is 6.09. The van der Waals surface area contributed by atoms with Crippen molar-refractivity contribution in [3.8, 4) is 0 Å². The van der Waals surface area contributed by atoms with Crippen molar-refractivity contribution in [1.29, 1.82) is 0 Å². The van der Waals surface area contributed by atoms with Gasteiger partial charge in [-0.05, 0) is 69.8 Å². The summed E-state index contributed by atoms with van der Waals surface area (Å²) in [6.07, 6.45) is 3.56. The summed E-state index contributed by atoms with van der Waals surface area (Å²) in [6, 6.07) is 4.38. The van der Waals surface area contributed by atoms with E-state index < -0.39 is 0 Å². The summed E-state index contributed by atoms with van der Waals surface area (Å²) in [5.41, 5.74) is 4.96. The van der Waals surface area contributed by atoms with E-state index in [4.69, 9.17) is 0 Å². The van der Waals surface area contributed by atoms with E-state index in [9.17, 15) is 4.79 Å². The summed E-state index contributed by atoms with van der Waals surface area (Å²) >= 11 is 0. The Bertz CT molecular complexity index is 475. The van der Waals surface area contributed by atoms with Crippen molar-refractivity contribution in [1.82, 2.24) is 5.32 Å². The first-order valence-corrected chi connectivity index (χ1v) is 7.79. The topological polar surface area (TPSA) is 29.1 Å². The van der Waals surface area contributed by atoms with Crippen LogP contribution in [0.25, 0.3) is 0 Å². The minimum atomic E-state index is -0.0883. The molecule has 0 atom stereocenters. The lowest BCUT2D eigenvalue weighted by molar-refractivity contribution is -0.129. The molecule has 0 saturated carbocycles. The molecule has 1 aliphatic rings. The molecule has 2 nitrogen and oxygen atoms in total. The average Bonchev–Trinajstić information content (AvgIpc) is 2.43. The number of Topliss-reactive ketones (excluding diaryl/α,β-unsaturated/α-hetero) is 1. The fraction of sp³-hybridized carbons (Fsp3) is 0.611. The Hall–Kier alpha value is -1.15. The summed E-state index contributed by atoms with van der Waals surface area (Å²) in [5, 5.41) is 3.37. The SMILES string of the molecule is CCC1(C(=O)Cc2c(C)cc(C)cc2C)CCNCC1. The van der Waals surface area contributed by atoms with Crippen LogP contribution >= 0.6 is 0 Å². The van der Waals surface area contributed by atoms with E-state index in [0.717, 1.165) is 32.4 Å². The van der Waals surface area contributed by atoms with Crippen molar-refractivity contribution < 1.29 is 4.79 Å². The molecule has 1 N–H and O–H groups in total. The highest BCUT2D eigenvalue weighted by Gasteiger charge is 2.37. The van der Waals surface area contributed by atoms with Crippen molar-refractivity contribution in [3.05, 3.63) is 34.4 Å². The molecule has 0 aromatic heterocycles. The Morgan fingerprint density at radius 3 is 2.20 bits per heavy atom. The van der Waals surface area contributed by atoms with Crippen LogP contribution in [0.5, 0.6) is 0 Å².